The minimum absolute atomic E-state index is 0.0848. The molecule has 8 heteroatoms. The van der Waals surface area contributed by atoms with Gasteiger partial charge in [-0.25, -0.2) is 4.39 Å². The first kappa shape index (κ1) is 13.3. The summed E-state index contributed by atoms with van der Waals surface area (Å²) in [6, 6.07) is 4.25. The Bertz CT molecular complexity index is 629. The molecule has 0 bridgehead atoms. The molecule has 0 aliphatic heterocycles. The summed E-state index contributed by atoms with van der Waals surface area (Å²) >= 11 is 0.973. The number of carbonyl (C=O) groups is 1. The molecular formula is C11H11FN4O2S. The zero-order chi connectivity index (χ0) is 14.0. The van der Waals surface area contributed by atoms with E-state index in [4.69, 9.17) is 10.8 Å². The summed E-state index contributed by atoms with van der Waals surface area (Å²) in [6.07, 6.45) is 0. The molecule has 1 aromatic carbocycles. The Kier molecular flexibility index (Phi) is 3.70. The third-order valence-electron chi connectivity index (χ3n) is 2.40. The van der Waals surface area contributed by atoms with Crippen LogP contribution in [0.1, 0.15) is 5.56 Å². The summed E-state index contributed by atoms with van der Waals surface area (Å²) in [6.45, 7) is 1.79. The van der Waals surface area contributed by atoms with Crippen LogP contribution in [0.2, 0.25) is 0 Å². The molecule has 0 unspecified atom stereocenters. The second kappa shape index (κ2) is 5.27. The maximum Gasteiger partial charge on any atom is 0.313 e. The first-order chi connectivity index (χ1) is 8.99. The van der Waals surface area contributed by atoms with E-state index in [1.807, 2.05) is 0 Å². The third kappa shape index (κ3) is 2.84. The number of anilines is 1. The molecule has 2 aromatic rings. The Morgan fingerprint density at radius 1 is 1.53 bits per heavy atom. The smallest absolute Gasteiger partial charge is 0.313 e. The minimum Gasteiger partial charge on any atom is -0.481 e. The molecule has 19 heavy (non-hydrogen) atoms. The molecule has 1 heterocycles. The molecule has 0 saturated carbocycles. The van der Waals surface area contributed by atoms with Crippen LogP contribution in [0.4, 0.5) is 10.3 Å². The standard InChI is InChI=1S/C11H11FN4O2S/c1-6-2-3-7(12)4-8(6)16-10(13)14-15-11(16)19-5-9(17)18/h2-4H,5H2,1H3,(H2,13,14)(H,17,18). The number of aryl methyl sites for hydroxylation is 1. The number of nitrogens with zero attached hydrogens (tertiary/aromatic N) is 3. The molecule has 0 amide bonds. The number of carboxylic acids is 1. The summed E-state index contributed by atoms with van der Waals surface area (Å²) in [5, 5.41) is 16.5. The SMILES string of the molecule is Cc1ccc(F)cc1-n1c(N)nnc1SCC(=O)O. The Morgan fingerprint density at radius 3 is 2.95 bits per heavy atom. The van der Waals surface area contributed by atoms with Gasteiger partial charge in [-0.2, -0.15) is 0 Å². The highest BCUT2D eigenvalue weighted by Crippen LogP contribution is 2.25. The van der Waals surface area contributed by atoms with Crippen molar-refractivity contribution in [1.29, 1.82) is 0 Å². The van der Waals surface area contributed by atoms with Crippen molar-refractivity contribution in [3.05, 3.63) is 29.6 Å². The minimum atomic E-state index is -0.978. The van der Waals surface area contributed by atoms with Crippen molar-refractivity contribution >= 4 is 23.7 Å². The van der Waals surface area contributed by atoms with Gasteiger partial charge in [0.2, 0.25) is 5.95 Å². The zero-order valence-electron chi connectivity index (χ0n) is 10.00. The van der Waals surface area contributed by atoms with Crippen molar-refractivity contribution < 1.29 is 14.3 Å². The lowest BCUT2D eigenvalue weighted by atomic mass is 10.2. The number of benzene rings is 1. The number of rotatable bonds is 4. The van der Waals surface area contributed by atoms with E-state index in [2.05, 4.69) is 10.2 Å². The number of nitrogens with two attached hydrogens (primary N) is 1. The van der Waals surface area contributed by atoms with Crippen LogP contribution in [0.15, 0.2) is 23.4 Å². The Balaban J connectivity index is 2.46. The molecule has 0 radical (unpaired) electrons. The first-order valence-corrected chi connectivity index (χ1v) is 6.29. The van der Waals surface area contributed by atoms with Gasteiger partial charge >= 0.3 is 5.97 Å². The van der Waals surface area contributed by atoms with Gasteiger partial charge in [-0.05, 0) is 24.6 Å². The van der Waals surface area contributed by atoms with Gasteiger partial charge in [-0.1, -0.05) is 17.8 Å². The van der Waals surface area contributed by atoms with Gasteiger partial charge in [0.1, 0.15) is 5.82 Å². The topological polar surface area (TPSA) is 94.0 Å². The van der Waals surface area contributed by atoms with Crippen molar-refractivity contribution in [3.63, 3.8) is 0 Å². The van der Waals surface area contributed by atoms with Crippen LogP contribution in [-0.4, -0.2) is 31.6 Å². The number of hydrogen-bond donors (Lipinski definition) is 2. The Hall–Kier alpha value is -2.09. The van der Waals surface area contributed by atoms with E-state index in [1.54, 1.807) is 13.0 Å². The summed E-state index contributed by atoms with van der Waals surface area (Å²) in [5.41, 5.74) is 6.98. The normalized spacial score (nSPS) is 10.6. The van der Waals surface area contributed by atoms with Gasteiger partial charge in [-0.15, -0.1) is 10.2 Å². The first-order valence-electron chi connectivity index (χ1n) is 5.31. The number of carboxylic acid groups (broad SMARTS) is 1. The highest BCUT2D eigenvalue weighted by atomic mass is 32.2. The summed E-state index contributed by atoms with van der Waals surface area (Å²) < 4.78 is 14.8. The predicted octanol–water partition coefficient (Wildman–Crippen LogP) is 1.47. The molecule has 0 fully saturated rings. The molecule has 3 N–H and O–H groups in total. The third-order valence-corrected chi connectivity index (χ3v) is 3.31. The molecule has 0 spiro atoms. The number of thioether (sulfide) groups is 1. The maximum absolute atomic E-state index is 13.3. The van der Waals surface area contributed by atoms with Crippen LogP contribution in [0.25, 0.3) is 5.69 Å². The number of hydrogen-bond acceptors (Lipinski definition) is 5. The van der Waals surface area contributed by atoms with Crippen molar-refractivity contribution in [2.75, 3.05) is 11.5 Å². The fourth-order valence-corrected chi connectivity index (χ4v) is 2.22. The van der Waals surface area contributed by atoms with Crippen molar-refractivity contribution in [2.24, 2.45) is 0 Å². The van der Waals surface area contributed by atoms with E-state index in [-0.39, 0.29) is 11.7 Å². The van der Waals surface area contributed by atoms with Crippen LogP contribution in [0.5, 0.6) is 0 Å². The van der Waals surface area contributed by atoms with Crippen LogP contribution >= 0.6 is 11.8 Å². The fourth-order valence-electron chi connectivity index (χ4n) is 1.55. The number of halogens is 1. The van der Waals surface area contributed by atoms with Gasteiger partial charge in [0.05, 0.1) is 11.4 Å². The molecule has 0 saturated heterocycles. The van der Waals surface area contributed by atoms with Crippen molar-refractivity contribution in [2.45, 2.75) is 12.1 Å². The lowest BCUT2D eigenvalue weighted by Gasteiger charge is -2.10. The molecule has 100 valence electrons. The van der Waals surface area contributed by atoms with Gasteiger partial charge in [0.15, 0.2) is 5.16 Å². The van der Waals surface area contributed by atoms with Crippen LogP contribution < -0.4 is 5.73 Å². The van der Waals surface area contributed by atoms with Crippen LogP contribution in [-0.2, 0) is 4.79 Å². The average molecular weight is 282 g/mol. The van der Waals surface area contributed by atoms with E-state index >= 15 is 0 Å². The van der Waals surface area contributed by atoms with Gasteiger partial charge in [0.25, 0.3) is 0 Å². The molecule has 0 aliphatic carbocycles. The van der Waals surface area contributed by atoms with Crippen molar-refractivity contribution in [3.8, 4) is 5.69 Å². The maximum atomic E-state index is 13.3. The molecule has 2 rings (SSSR count). The lowest BCUT2D eigenvalue weighted by Crippen LogP contribution is -2.06. The number of aromatic nitrogens is 3. The van der Waals surface area contributed by atoms with Gasteiger partial charge in [-0.3, -0.25) is 9.36 Å². The summed E-state index contributed by atoms with van der Waals surface area (Å²) in [4.78, 5) is 10.6. The highest BCUT2D eigenvalue weighted by molar-refractivity contribution is 7.99. The Morgan fingerprint density at radius 2 is 2.26 bits per heavy atom. The average Bonchev–Trinajstić information content (AvgIpc) is 2.71. The van der Waals surface area contributed by atoms with Gasteiger partial charge in [0, 0.05) is 0 Å². The summed E-state index contributed by atoms with van der Waals surface area (Å²) in [5.74, 6) is -1.48. The lowest BCUT2D eigenvalue weighted by molar-refractivity contribution is -0.133. The second-order valence-electron chi connectivity index (χ2n) is 3.79. The largest absolute Gasteiger partial charge is 0.481 e. The van der Waals surface area contributed by atoms with Crippen LogP contribution in [0.3, 0.4) is 0 Å². The van der Waals surface area contributed by atoms with Crippen LogP contribution in [0, 0.1) is 12.7 Å². The second-order valence-corrected chi connectivity index (χ2v) is 4.73. The quantitative estimate of drug-likeness (QED) is 0.825. The van der Waals surface area contributed by atoms with E-state index in [1.165, 1.54) is 16.7 Å². The zero-order valence-corrected chi connectivity index (χ0v) is 10.8. The molecule has 6 nitrogen and oxygen atoms in total. The molecule has 0 aliphatic rings. The molecule has 1 aromatic heterocycles. The summed E-state index contributed by atoms with van der Waals surface area (Å²) in [7, 11) is 0. The molecule has 0 atom stereocenters. The van der Waals surface area contributed by atoms with Crippen molar-refractivity contribution in [1.82, 2.24) is 14.8 Å². The predicted molar refractivity (Wildman–Crippen MR) is 68.8 cm³/mol. The molecular weight excluding hydrogens is 271 g/mol. The van der Waals surface area contributed by atoms with E-state index < -0.39 is 11.8 Å². The number of aliphatic carboxylic acids is 1. The van der Waals surface area contributed by atoms with Gasteiger partial charge < -0.3 is 10.8 Å². The highest BCUT2D eigenvalue weighted by Gasteiger charge is 2.15. The van der Waals surface area contributed by atoms with E-state index in [9.17, 15) is 9.18 Å². The van der Waals surface area contributed by atoms with E-state index in [0.29, 0.717) is 10.8 Å². The Labute approximate surface area is 112 Å². The fraction of sp³-hybridized carbons (Fsp3) is 0.182. The van der Waals surface area contributed by atoms with E-state index in [0.717, 1.165) is 17.3 Å². The monoisotopic (exact) mass is 282 g/mol. The number of nitrogen functional groups attached to an aromatic ring is 1.